The zero-order valence-corrected chi connectivity index (χ0v) is 10.9. The molecule has 0 fully saturated rings. The molecule has 0 saturated carbocycles. The van der Waals surface area contributed by atoms with Gasteiger partial charge in [0, 0.05) is 12.2 Å². The summed E-state index contributed by atoms with van der Waals surface area (Å²) in [6.45, 7) is 8.79. The third-order valence-electron chi connectivity index (χ3n) is 3.05. The highest BCUT2D eigenvalue weighted by Crippen LogP contribution is 2.35. The van der Waals surface area contributed by atoms with Crippen LogP contribution in [0.15, 0.2) is 53.5 Å². The number of para-hydroxylation sites is 2. The first-order valence-electron chi connectivity index (χ1n) is 6.17. The van der Waals surface area contributed by atoms with E-state index in [0.717, 1.165) is 23.5 Å². The van der Waals surface area contributed by atoms with Crippen molar-refractivity contribution in [3.8, 4) is 0 Å². The molecule has 0 amide bonds. The molecule has 0 aliphatic carbocycles. The van der Waals surface area contributed by atoms with Gasteiger partial charge in [-0.2, -0.15) is 0 Å². The van der Waals surface area contributed by atoms with Crippen molar-refractivity contribution in [2.45, 2.75) is 13.8 Å². The second-order valence-corrected chi connectivity index (χ2v) is 4.18. The molecule has 0 bridgehead atoms. The molecule has 0 radical (unpaired) electrons. The Hall–Kier alpha value is -2.09. The standard InChI is InChI=1S/C16H18N2/c1-4-18(14-10-6-5-7-11-14)15-12-8-9-13(2)16(15)17-3/h5-12H,3-4H2,1-2H3. The van der Waals surface area contributed by atoms with Crippen LogP contribution in [-0.4, -0.2) is 13.3 Å². The molecule has 0 aliphatic heterocycles. The molecule has 2 aromatic carbocycles. The van der Waals surface area contributed by atoms with Gasteiger partial charge in [0.05, 0.1) is 11.4 Å². The third kappa shape index (κ3) is 2.28. The number of nitrogens with zero attached hydrogens (tertiary/aromatic N) is 2. The van der Waals surface area contributed by atoms with Gasteiger partial charge in [-0.15, -0.1) is 0 Å². The van der Waals surface area contributed by atoms with Gasteiger partial charge >= 0.3 is 0 Å². The van der Waals surface area contributed by atoms with Gasteiger partial charge < -0.3 is 4.90 Å². The van der Waals surface area contributed by atoms with Crippen molar-refractivity contribution in [3.05, 3.63) is 54.1 Å². The number of hydrogen-bond donors (Lipinski definition) is 0. The highest BCUT2D eigenvalue weighted by Gasteiger charge is 2.12. The Bertz CT molecular complexity index is 532. The van der Waals surface area contributed by atoms with Crippen LogP contribution in [0.1, 0.15) is 12.5 Å². The van der Waals surface area contributed by atoms with Crippen LogP contribution in [0.5, 0.6) is 0 Å². The van der Waals surface area contributed by atoms with E-state index in [1.54, 1.807) is 0 Å². The summed E-state index contributed by atoms with van der Waals surface area (Å²) in [6, 6.07) is 16.6. The minimum atomic E-state index is 0.899. The van der Waals surface area contributed by atoms with Gasteiger partial charge in [0.15, 0.2) is 0 Å². The van der Waals surface area contributed by atoms with Crippen LogP contribution < -0.4 is 4.90 Å². The van der Waals surface area contributed by atoms with E-state index in [2.05, 4.69) is 72.9 Å². The van der Waals surface area contributed by atoms with Crippen LogP contribution in [0.25, 0.3) is 0 Å². The Morgan fingerprint density at radius 3 is 2.39 bits per heavy atom. The molecule has 0 heterocycles. The molecular formula is C16H18N2. The second-order valence-electron chi connectivity index (χ2n) is 4.18. The van der Waals surface area contributed by atoms with E-state index in [9.17, 15) is 0 Å². The maximum atomic E-state index is 4.17. The molecular weight excluding hydrogens is 220 g/mol. The first-order chi connectivity index (χ1) is 8.77. The quantitative estimate of drug-likeness (QED) is 0.717. The van der Waals surface area contributed by atoms with Crippen LogP contribution in [0.4, 0.5) is 17.1 Å². The predicted octanol–water partition coefficient (Wildman–Crippen LogP) is 4.49. The van der Waals surface area contributed by atoms with Crippen molar-refractivity contribution in [3.63, 3.8) is 0 Å². The largest absolute Gasteiger partial charge is 0.340 e. The summed E-state index contributed by atoms with van der Waals surface area (Å²) in [5.41, 5.74) is 4.40. The van der Waals surface area contributed by atoms with Gasteiger partial charge in [-0.05, 0) is 44.3 Å². The Kier molecular flexibility index (Phi) is 3.78. The smallest absolute Gasteiger partial charge is 0.0888 e. The minimum Gasteiger partial charge on any atom is -0.340 e. The van der Waals surface area contributed by atoms with Crippen LogP contribution in [0, 0.1) is 6.92 Å². The molecule has 2 nitrogen and oxygen atoms in total. The second kappa shape index (κ2) is 5.50. The van der Waals surface area contributed by atoms with Crippen LogP contribution in [-0.2, 0) is 0 Å². The molecule has 0 aromatic heterocycles. The zero-order chi connectivity index (χ0) is 13.0. The molecule has 2 aromatic rings. The van der Waals surface area contributed by atoms with Crippen molar-refractivity contribution < 1.29 is 0 Å². The maximum absolute atomic E-state index is 4.17. The Labute approximate surface area is 109 Å². The average molecular weight is 238 g/mol. The van der Waals surface area contributed by atoms with Crippen molar-refractivity contribution in [2.24, 2.45) is 4.99 Å². The molecule has 0 saturated heterocycles. The monoisotopic (exact) mass is 238 g/mol. The van der Waals surface area contributed by atoms with E-state index in [1.165, 1.54) is 5.69 Å². The van der Waals surface area contributed by atoms with Gasteiger partial charge in [0.25, 0.3) is 0 Å². The Morgan fingerprint density at radius 1 is 1.06 bits per heavy atom. The maximum Gasteiger partial charge on any atom is 0.0888 e. The number of rotatable bonds is 4. The fraction of sp³-hybridized carbons (Fsp3) is 0.188. The van der Waals surface area contributed by atoms with Crippen molar-refractivity contribution in [1.29, 1.82) is 0 Å². The number of benzene rings is 2. The molecule has 0 unspecified atom stereocenters. The lowest BCUT2D eigenvalue weighted by Gasteiger charge is -2.25. The summed E-state index contributed by atoms with van der Waals surface area (Å²) in [5, 5.41) is 0. The summed E-state index contributed by atoms with van der Waals surface area (Å²) in [5.74, 6) is 0. The number of aryl methyl sites for hydroxylation is 1. The summed E-state index contributed by atoms with van der Waals surface area (Å²) in [7, 11) is 0. The Morgan fingerprint density at radius 2 is 1.78 bits per heavy atom. The molecule has 0 atom stereocenters. The van der Waals surface area contributed by atoms with Crippen molar-refractivity contribution >= 4 is 23.8 Å². The molecule has 2 rings (SSSR count). The van der Waals surface area contributed by atoms with Crippen LogP contribution >= 0.6 is 0 Å². The third-order valence-corrected chi connectivity index (χ3v) is 3.05. The lowest BCUT2D eigenvalue weighted by molar-refractivity contribution is 1.02. The number of anilines is 2. The molecule has 0 aliphatic rings. The van der Waals surface area contributed by atoms with Gasteiger partial charge in [0.1, 0.15) is 0 Å². The number of hydrogen-bond acceptors (Lipinski definition) is 2. The lowest BCUT2D eigenvalue weighted by atomic mass is 10.1. The summed E-state index contributed by atoms with van der Waals surface area (Å²) < 4.78 is 0. The van der Waals surface area contributed by atoms with Crippen LogP contribution in [0.3, 0.4) is 0 Å². The van der Waals surface area contributed by atoms with E-state index in [4.69, 9.17) is 0 Å². The van der Waals surface area contributed by atoms with Gasteiger partial charge in [-0.3, -0.25) is 4.99 Å². The van der Waals surface area contributed by atoms with E-state index < -0.39 is 0 Å². The molecule has 2 heteroatoms. The summed E-state index contributed by atoms with van der Waals surface area (Å²) in [6.07, 6.45) is 0. The number of aliphatic imine (C=N–C) groups is 1. The van der Waals surface area contributed by atoms with E-state index in [1.807, 2.05) is 6.07 Å². The summed E-state index contributed by atoms with van der Waals surface area (Å²) >= 11 is 0. The highest BCUT2D eigenvalue weighted by molar-refractivity contribution is 5.77. The fourth-order valence-corrected chi connectivity index (χ4v) is 2.17. The average Bonchev–Trinajstić information content (AvgIpc) is 2.41. The van der Waals surface area contributed by atoms with E-state index in [-0.39, 0.29) is 0 Å². The SMILES string of the molecule is C=Nc1c(C)cccc1N(CC)c1ccccc1. The van der Waals surface area contributed by atoms with E-state index >= 15 is 0 Å². The minimum absolute atomic E-state index is 0.899. The van der Waals surface area contributed by atoms with Crippen LogP contribution in [0.2, 0.25) is 0 Å². The molecule has 18 heavy (non-hydrogen) atoms. The van der Waals surface area contributed by atoms with Crippen molar-refractivity contribution in [2.75, 3.05) is 11.4 Å². The Balaban J connectivity index is 2.52. The van der Waals surface area contributed by atoms with Gasteiger partial charge in [-0.1, -0.05) is 30.3 Å². The molecule has 0 N–H and O–H groups in total. The molecule has 0 spiro atoms. The lowest BCUT2D eigenvalue weighted by Crippen LogP contribution is -2.16. The van der Waals surface area contributed by atoms with E-state index in [0.29, 0.717) is 0 Å². The topological polar surface area (TPSA) is 15.6 Å². The zero-order valence-electron chi connectivity index (χ0n) is 10.9. The predicted molar refractivity (Wildman–Crippen MR) is 79.5 cm³/mol. The molecule has 92 valence electrons. The first-order valence-corrected chi connectivity index (χ1v) is 6.17. The fourth-order valence-electron chi connectivity index (χ4n) is 2.17. The normalized spacial score (nSPS) is 10.1. The van der Waals surface area contributed by atoms with Gasteiger partial charge in [-0.25, -0.2) is 0 Å². The van der Waals surface area contributed by atoms with Crippen molar-refractivity contribution in [1.82, 2.24) is 0 Å². The van der Waals surface area contributed by atoms with Gasteiger partial charge in [0.2, 0.25) is 0 Å². The first kappa shape index (κ1) is 12.4. The summed E-state index contributed by atoms with van der Waals surface area (Å²) in [4.78, 5) is 6.42. The highest BCUT2D eigenvalue weighted by atomic mass is 15.1.